The molecule has 1 aromatic carbocycles. The summed E-state index contributed by atoms with van der Waals surface area (Å²) < 4.78 is 27.2. The summed E-state index contributed by atoms with van der Waals surface area (Å²) in [6.45, 7) is 3.79. The lowest BCUT2D eigenvalue weighted by Crippen LogP contribution is -2.43. The number of nitrogens with one attached hydrogen (secondary N) is 2. The second-order valence-corrected chi connectivity index (χ2v) is 9.85. The average Bonchev–Trinajstić information content (AvgIpc) is 3.06. The van der Waals surface area contributed by atoms with Crippen molar-refractivity contribution in [2.75, 3.05) is 23.7 Å². The Morgan fingerprint density at radius 3 is 2.54 bits per heavy atom. The van der Waals surface area contributed by atoms with Gasteiger partial charge in [0.05, 0.1) is 10.8 Å². The molecule has 0 spiro atoms. The molecule has 0 aliphatic carbocycles. The Morgan fingerprint density at radius 1 is 1.21 bits per heavy atom. The number of carbonyl (C=O) groups excluding carboxylic acids is 2. The normalized spacial score (nSPS) is 17.9. The van der Waals surface area contributed by atoms with Crippen LogP contribution in [-0.4, -0.2) is 42.6 Å². The molecular weight excluding hydrogens is 400 g/mol. The molecule has 28 heavy (non-hydrogen) atoms. The third-order valence-corrected chi connectivity index (χ3v) is 7.13. The van der Waals surface area contributed by atoms with E-state index in [0.717, 1.165) is 4.88 Å². The van der Waals surface area contributed by atoms with Gasteiger partial charge in [-0.2, -0.15) is 4.31 Å². The van der Waals surface area contributed by atoms with Crippen molar-refractivity contribution in [3.63, 3.8) is 0 Å². The van der Waals surface area contributed by atoms with Crippen LogP contribution in [-0.2, 0) is 19.6 Å². The molecule has 3 rings (SSSR count). The highest BCUT2D eigenvalue weighted by molar-refractivity contribution is 7.89. The SMILES string of the molecule is CC(=O)Nc1ccc(S(=O)(=O)N2CCCC(C(=O)Nc3ncc(C)s3)C2)cc1. The van der Waals surface area contributed by atoms with Crippen LogP contribution in [0.1, 0.15) is 24.6 Å². The molecule has 2 N–H and O–H groups in total. The second-order valence-electron chi connectivity index (χ2n) is 6.67. The Hall–Kier alpha value is -2.30. The molecule has 0 saturated carbocycles. The molecule has 2 heterocycles. The van der Waals surface area contributed by atoms with E-state index in [0.29, 0.717) is 30.2 Å². The Morgan fingerprint density at radius 2 is 1.93 bits per heavy atom. The highest BCUT2D eigenvalue weighted by atomic mass is 32.2. The van der Waals surface area contributed by atoms with E-state index in [4.69, 9.17) is 0 Å². The number of carbonyl (C=O) groups is 2. The largest absolute Gasteiger partial charge is 0.326 e. The molecule has 2 aromatic rings. The number of aryl methyl sites for hydroxylation is 1. The van der Waals surface area contributed by atoms with E-state index in [2.05, 4.69) is 15.6 Å². The van der Waals surface area contributed by atoms with Crippen molar-refractivity contribution in [2.24, 2.45) is 5.92 Å². The standard InChI is InChI=1S/C18H22N4O4S2/c1-12-10-19-18(27-12)21-17(24)14-4-3-9-22(11-14)28(25,26)16-7-5-15(6-8-16)20-13(2)23/h5-8,10,14H,3-4,9,11H2,1-2H3,(H,20,23)(H,19,21,24). The molecule has 1 unspecified atom stereocenters. The minimum atomic E-state index is -3.71. The smallest absolute Gasteiger partial charge is 0.243 e. The van der Waals surface area contributed by atoms with Crippen LogP contribution in [0.5, 0.6) is 0 Å². The van der Waals surface area contributed by atoms with Gasteiger partial charge in [-0.15, -0.1) is 11.3 Å². The average molecular weight is 423 g/mol. The fourth-order valence-electron chi connectivity index (χ4n) is 3.06. The predicted molar refractivity (Wildman–Crippen MR) is 108 cm³/mol. The van der Waals surface area contributed by atoms with Gasteiger partial charge in [0.15, 0.2) is 5.13 Å². The lowest BCUT2D eigenvalue weighted by Gasteiger charge is -2.31. The van der Waals surface area contributed by atoms with E-state index < -0.39 is 15.9 Å². The molecule has 0 bridgehead atoms. The first-order valence-corrected chi connectivity index (χ1v) is 11.1. The van der Waals surface area contributed by atoms with Gasteiger partial charge in [-0.1, -0.05) is 0 Å². The third kappa shape index (κ3) is 4.75. The first-order chi connectivity index (χ1) is 13.3. The maximum Gasteiger partial charge on any atom is 0.243 e. The molecule has 1 aliphatic rings. The zero-order valence-corrected chi connectivity index (χ0v) is 17.3. The molecular formula is C18H22N4O4S2. The highest BCUT2D eigenvalue weighted by Crippen LogP contribution is 2.26. The van der Waals surface area contributed by atoms with E-state index in [1.165, 1.54) is 34.7 Å². The molecule has 1 fully saturated rings. The molecule has 10 heteroatoms. The molecule has 1 aromatic heterocycles. The first kappa shape index (κ1) is 20.4. The molecule has 8 nitrogen and oxygen atoms in total. The van der Waals surface area contributed by atoms with Crippen LogP contribution in [0.2, 0.25) is 0 Å². The number of hydrogen-bond donors (Lipinski definition) is 2. The number of benzene rings is 1. The number of amides is 2. The van der Waals surface area contributed by atoms with Crippen LogP contribution in [0.3, 0.4) is 0 Å². The van der Waals surface area contributed by atoms with Gasteiger partial charge in [0.25, 0.3) is 0 Å². The van der Waals surface area contributed by atoms with Gasteiger partial charge in [-0.25, -0.2) is 13.4 Å². The Labute approximate surface area is 168 Å². The van der Waals surface area contributed by atoms with Crippen LogP contribution >= 0.6 is 11.3 Å². The van der Waals surface area contributed by atoms with Gasteiger partial charge in [-0.3, -0.25) is 9.59 Å². The van der Waals surface area contributed by atoms with Crippen molar-refractivity contribution >= 4 is 44.0 Å². The van der Waals surface area contributed by atoms with Gasteiger partial charge in [0.1, 0.15) is 0 Å². The van der Waals surface area contributed by atoms with Crippen LogP contribution in [0.15, 0.2) is 35.4 Å². The van der Waals surface area contributed by atoms with E-state index >= 15 is 0 Å². The fourth-order valence-corrected chi connectivity index (χ4v) is 5.25. The monoisotopic (exact) mass is 422 g/mol. The topological polar surface area (TPSA) is 108 Å². The minimum Gasteiger partial charge on any atom is -0.326 e. The summed E-state index contributed by atoms with van der Waals surface area (Å²) in [5.74, 6) is -0.863. The van der Waals surface area contributed by atoms with Crippen molar-refractivity contribution in [3.8, 4) is 0 Å². The molecule has 1 atom stereocenters. The minimum absolute atomic E-state index is 0.131. The number of sulfonamides is 1. The number of piperidine rings is 1. The zero-order chi connectivity index (χ0) is 20.3. The van der Waals surface area contributed by atoms with Crippen LogP contribution < -0.4 is 10.6 Å². The summed E-state index contributed by atoms with van der Waals surface area (Å²) in [5.41, 5.74) is 0.529. The van der Waals surface area contributed by atoms with Gasteiger partial charge in [-0.05, 0) is 44.0 Å². The van der Waals surface area contributed by atoms with Gasteiger partial charge in [0.2, 0.25) is 21.8 Å². The van der Waals surface area contributed by atoms with E-state index in [-0.39, 0.29) is 23.3 Å². The van der Waals surface area contributed by atoms with Crippen molar-refractivity contribution in [1.82, 2.24) is 9.29 Å². The van der Waals surface area contributed by atoms with E-state index in [9.17, 15) is 18.0 Å². The number of rotatable bonds is 5. The van der Waals surface area contributed by atoms with Crippen molar-refractivity contribution in [1.29, 1.82) is 0 Å². The summed E-state index contributed by atoms with van der Waals surface area (Å²) in [6, 6.07) is 6.02. The summed E-state index contributed by atoms with van der Waals surface area (Å²) in [7, 11) is -3.71. The van der Waals surface area contributed by atoms with Gasteiger partial charge in [0, 0.05) is 36.8 Å². The number of thiazole rings is 1. The summed E-state index contributed by atoms with van der Waals surface area (Å²) in [5, 5.41) is 5.91. The number of aromatic nitrogens is 1. The fraction of sp³-hybridized carbons (Fsp3) is 0.389. The molecule has 1 aliphatic heterocycles. The number of hydrogen-bond acceptors (Lipinski definition) is 6. The third-order valence-electron chi connectivity index (χ3n) is 4.42. The van der Waals surface area contributed by atoms with Crippen LogP contribution in [0.25, 0.3) is 0 Å². The maximum absolute atomic E-state index is 12.9. The molecule has 0 radical (unpaired) electrons. The molecule has 150 valence electrons. The summed E-state index contributed by atoms with van der Waals surface area (Å²) >= 11 is 1.38. The van der Waals surface area contributed by atoms with Gasteiger partial charge < -0.3 is 10.6 Å². The van der Waals surface area contributed by atoms with Crippen molar-refractivity contribution < 1.29 is 18.0 Å². The Bertz CT molecular complexity index is 970. The number of anilines is 2. The van der Waals surface area contributed by atoms with E-state index in [1.807, 2.05) is 6.92 Å². The lowest BCUT2D eigenvalue weighted by atomic mass is 9.99. The lowest BCUT2D eigenvalue weighted by molar-refractivity contribution is -0.121. The van der Waals surface area contributed by atoms with Crippen molar-refractivity contribution in [2.45, 2.75) is 31.6 Å². The summed E-state index contributed by atoms with van der Waals surface area (Å²) in [6.07, 6.45) is 2.92. The highest BCUT2D eigenvalue weighted by Gasteiger charge is 2.33. The van der Waals surface area contributed by atoms with Crippen molar-refractivity contribution in [3.05, 3.63) is 35.3 Å². The van der Waals surface area contributed by atoms with Crippen LogP contribution in [0.4, 0.5) is 10.8 Å². The number of nitrogens with zero attached hydrogens (tertiary/aromatic N) is 2. The Kier molecular flexibility index (Phi) is 6.11. The van der Waals surface area contributed by atoms with Gasteiger partial charge >= 0.3 is 0 Å². The quantitative estimate of drug-likeness (QED) is 0.769. The second kappa shape index (κ2) is 8.38. The predicted octanol–water partition coefficient (Wildman–Crippen LogP) is 2.45. The molecule has 1 saturated heterocycles. The van der Waals surface area contributed by atoms with E-state index in [1.54, 1.807) is 18.3 Å². The zero-order valence-electron chi connectivity index (χ0n) is 15.6. The molecule has 2 amide bonds. The Balaban J connectivity index is 1.69. The maximum atomic E-state index is 12.9. The summed E-state index contributed by atoms with van der Waals surface area (Å²) in [4.78, 5) is 28.9. The first-order valence-electron chi connectivity index (χ1n) is 8.87. The van der Waals surface area contributed by atoms with Crippen LogP contribution in [0, 0.1) is 12.8 Å².